The van der Waals surface area contributed by atoms with Gasteiger partial charge in [-0.1, -0.05) is 24.3 Å². The zero-order chi connectivity index (χ0) is 15.7. The fraction of sp³-hybridized carbons (Fsp3) is 0.188. The first-order valence-corrected chi connectivity index (χ1v) is 7.01. The molecule has 3 amide bonds. The van der Waals surface area contributed by atoms with Gasteiger partial charge in [0, 0.05) is 29.5 Å². The summed E-state index contributed by atoms with van der Waals surface area (Å²) in [6.45, 7) is 0.190. The Hall–Kier alpha value is -2.73. The van der Waals surface area contributed by atoms with Crippen LogP contribution in [0.3, 0.4) is 0 Å². The fourth-order valence-electron chi connectivity index (χ4n) is 2.75. The van der Waals surface area contributed by atoms with Gasteiger partial charge in [0.25, 0.3) is 11.8 Å². The van der Waals surface area contributed by atoms with Gasteiger partial charge in [-0.25, -0.2) is 5.84 Å². The van der Waals surface area contributed by atoms with E-state index in [0.29, 0.717) is 22.9 Å². The van der Waals surface area contributed by atoms with Crippen LogP contribution < -0.4 is 11.3 Å². The highest BCUT2D eigenvalue weighted by Gasteiger charge is 2.32. The molecule has 2 aromatic carbocycles. The van der Waals surface area contributed by atoms with Crippen LogP contribution in [-0.2, 0) is 4.79 Å². The number of nitrogens with zero attached hydrogens (tertiary/aromatic N) is 1. The normalized spacial score (nSPS) is 13.6. The van der Waals surface area contributed by atoms with Gasteiger partial charge in [0.2, 0.25) is 5.91 Å². The van der Waals surface area contributed by atoms with Crippen molar-refractivity contribution in [2.75, 3.05) is 6.54 Å². The second-order valence-corrected chi connectivity index (χ2v) is 5.14. The van der Waals surface area contributed by atoms with Crippen molar-refractivity contribution >= 4 is 28.5 Å². The van der Waals surface area contributed by atoms with Crippen molar-refractivity contribution in [2.45, 2.75) is 12.8 Å². The van der Waals surface area contributed by atoms with Crippen LogP contribution >= 0.6 is 0 Å². The van der Waals surface area contributed by atoms with E-state index in [1.54, 1.807) is 24.3 Å². The highest BCUT2D eigenvalue weighted by Crippen LogP contribution is 2.29. The number of hydrazine groups is 1. The molecule has 6 nitrogen and oxygen atoms in total. The van der Waals surface area contributed by atoms with Crippen molar-refractivity contribution in [3.63, 3.8) is 0 Å². The zero-order valence-corrected chi connectivity index (χ0v) is 11.8. The minimum Gasteiger partial charge on any atom is -0.294 e. The Morgan fingerprint density at radius 1 is 1.05 bits per heavy atom. The minimum absolute atomic E-state index is 0.166. The summed E-state index contributed by atoms with van der Waals surface area (Å²) in [5.74, 6) is 4.06. The lowest BCUT2D eigenvalue weighted by Crippen LogP contribution is -2.41. The summed E-state index contributed by atoms with van der Waals surface area (Å²) < 4.78 is 0. The van der Waals surface area contributed by atoms with Crippen LogP contribution in [-0.4, -0.2) is 29.2 Å². The lowest BCUT2D eigenvalue weighted by atomic mass is 9.94. The molecule has 3 N–H and O–H groups in total. The molecule has 0 saturated carbocycles. The van der Waals surface area contributed by atoms with E-state index in [1.165, 1.54) is 4.90 Å². The number of carbonyl (C=O) groups is 3. The molecule has 6 heteroatoms. The standard InChI is InChI=1S/C16H15N3O3/c17-18-13(20)8-3-9-19-15(21)11-6-1-4-10-5-2-7-12(14(10)11)16(19)22/h1-2,4-7H,3,8-9,17H2,(H,18,20). The van der Waals surface area contributed by atoms with E-state index in [2.05, 4.69) is 0 Å². The Bertz CT molecular complexity index is 735. The summed E-state index contributed by atoms with van der Waals surface area (Å²) in [5, 5.41) is 1.58. The average Bonchev–Trinajstić information content (AvgIpc) is 2.55. The Labute approximate surface area is 126 Å². The number of amides is 3. The summed E-state index contributed by atoms with van der Waals surface area (Å²) in [4.78, 5) is 37.4. The van der Waals surface area contributed by atoms with Gasteiger partial charge in [-0.2, -0.15) is 0 Å². The molecule has 0 saturated heterocycles. The molecule has 1 aliphatic heterocycles. The molecule has 0 unspecified atom stereocenters. The third kappa shape index (κ3) is 2.23. The zero-order valence-electron chi connectivity index (χ0n) is 11.8. The first-order valence-electron chi connectivity index (χ1n) is 7.01. The van der Waals surface area contributed by atoms with E-state index in [0.717, 1.165) is 5.39 Å². The first kappa shape index (κ1) is 14.2. The third-order valence-corrected chi connectivity index (χ3v) is 3.80. The Morgan fingerprint density at radius 3 is 2.18 bits per heavy atom. The monoisotopic (exact) mass is 297 g/mol. The van der Waals surface area contributed by atoms with E-state index in [1.807, 2.05) is 17.6 Å². The lowest BCUT2D eigenvalue weighted by molar-refractivity contribution is -0.121. The highest BCUT2D eigenvalue weighted by molar-refractivity contribution is 6.25. The maximum Gasteiger partial charge on any atom is 0.261 e. The van der Waals surface area contributed by atoms with E-state index in [9.17, 15) is 14.4 Å². The van der Waals surface area contributed by atoms with E-state index < -0.39 is 0 Å². The molecule has 112 valence electrons. The van der Waals surface area contributed by atoms with Crippen molar-refractivity contribution in [3.8, 4) is 0 Å². The molecule has 0 aliphatic carbocycles. The van der Waals surface area contributed by atoms with Gasteiger partial charge in [0.1, 0.15) is 0 Å². The third-order valence-electron chi connectivity index (χ3n) is 3.80. The van der Waals surface area contributed by atoms with Crippen LogP contribution in [0.25, 0.3) is 10.8 Å². The summed E-state index contributed by atoms with van der Waals surface area (Å²) in [7, 11) is 0. The molecule has 0 radical (unpaired) electrons. The number of rotatable bonds is 4. The predicted molar refractivity (Wildman–Crippen MR) is 80.9 cm³/mol. The lowest BCUT2D eigenvalue weighted by Gasteiger charge is -2.27. The van der Waals surface area contributed by atoms with Gasteiger partial charge in [0.15, 0.2) is 0 Å². The maximum atomic E-state index is 12.5. The Kier molecular flexibility index (Phi) is 3.60. The fourth-order valence-corrected chi connectivity index (χ4v) is 2.75. The van der Waals surface area contributed by atoms with Crippen LogP contribution in [0.4, 0.5) is 0 Å². The Balaban J connectivity index is 1.92. The molecular formula is C16H15N3O3. The number of carbonyl (C=O) groups excluding carboxylic acids is 3. The van der Waals surface area contributed by atoms with Gasteiger partial charge in [-0.3, -0.25) is 24.7 Å². The van der Waals surface area contributed by atoms with Gasteiger partial charge in [-0.15, -0.1) is 0 Å². The molecule has 3 rings (SSSR count). The number of nitrogens with two attached hydrogens (primary N) is 1. The minimum atomic E-state index is -0.320. The summed E-state index contributed by atoms with van der Waals surface area (Å²) in [6, 6.07) is 10.8. The maximum absolute atomic E-state index is 12.5. The number of nitrogens with one attached hydrogen (secondary N) is 1. The largest absolute Gasteiger partial charge is 0.294 e. The molecule has 0 spiro atoms. The van der Waals surface area contributed by atoms with Crippen molar-refractivity contribution in [1.82, 2.24) is 10.3 Å². The molecule has 0 fully saturated rings. The molecule has 0 atom stereocenters. The molecule has 1 heterocycles. The number of hydrogen-bond donors (Lipinski definition) is 2. The van der Waals surface area contributed by atoms with Crippen LogP contribution in [0.2, 0.25) is 0 Å². The molecule has 1 aliphatic rings. The number of benzene rings is 2. The van der Waals surface area contributed by atoms with Gasteiger partial charge in [-0.05, 0) is 23.9 Å². The number of hydrogen-bond acceptors (Lipinski definition) is 4. The average molecular weight is 297 g/mol. The van der Waals surface area contributed by atoms with Crippen molar-refractivity contribution in [2.24, 2.45) is 5.84 Å². The van der Waals surface area contributed by atoms with Crippen molar-refractivity contribution in [1.29, 1.82) is 0 Å². The molecule has 0 bridgehead atoms. The van der Waals surface area contributed by atoms with Crippen LogP contribution in [0.5, 0.6) is 0 Å². The first-order chi connectivity index (χ1) is 10.6. The van der Waals surface area contributed by atoms with Gasteiger partial charge < -0.3 is 0 Å². The summed E-state index contributed by atoms with van der Waals surface area (Å²) in [6.07, 6.45) is 0.540. The summed E-state index contributed by atoms with van der Waals surface area (Å²) in [5.41, 5.74) is 3.08. The van der Waals surface area contributed by atoms with Crippen LogP contribution in [0, 0.1) is 0 Å². The highest BCUT2D eigenvalue weighted by atomic mass is 16.2. The predicted octanol–water partition coefficient (Wildman–Crippen LogP) is 1.21. The number of imide groups is 1. The molecule has 0 aromatic heterocycles. The molecular weight excluding hydrogens is 282 g/mol. The van der Waals surface area contributed by atoms with Crippen molar-refractivity contribution < 1.29 is 14.4 Å². The van der Waals surface area contributed by atoms with Crippen LogP contribution in [0.1, 0.15) is 33.6 Å². The Morgan fingerprint density at radius 2 is 1.64 bits per heavy atom. The van der Waals surface area contributed by atoms with Gasteiger partial charge in [0.05, 0.1) is 0 Å². The quantitative estimate of drug-likeness (QED) is 0.384. The van der Waals surface area contributed by atoms with E-state index >= 15 is 0 Å². The van der Waals surface area contributed by atoms with Gasteiger partial charge >= 0.3 is 0 Å². The second-order valence-electron chi connectivity index (χ2n) is 5.14. The molecule has 2 aromatic rings. The topological polar surface area (TPSA) is 92.5 Å². The van der Waals surface area contributed by atoms with E-state index in [4.69, 9.17) is 5.84 Å². The van der Waals surface area contributed by atoms with Crippen LogP contribution in [0.15, 0.2) is 36.4 Å². The van der Waals surface area contributed by atoms with Crippen molar-refractivity contribution in [3.05, 3.63) is 47.5 Å². The smallest absolute Gasteiger partial charge is 0.261 e. The molecule has 22 heavy (non-hydrogen) atoms. The SMILES string of the molecule is NNC(=O)CCCN1C(=O)c2cccc3cccc(c23)C1=O. The summed E-state index contributed by atoms with van der Waals surface area (Å²) >= 11 is 0. The van der Waals surface area contributed by atoms with E-state index in [-0.39, 0.29) is 30.7 Å². The second kappa shape index (κ2) is 5.57.